The highest BCUT2D eigenvalue weighted by Crippen LogP contribution is 2.28. The van der Waals surface area contributed by atoms with E-state index in [0.29, 0.717) is 24.2 Å². The van der Waals surface area contributed by atoms with E-state index in [4.69, 9.17) is 16.1 Å². The van der Waals surface area contributed by atoms with Gasteiger partial charge < -0.3 is 9.42 Å². The van der Waals surface area contributed by atoms with E-state index < -0.39 is 15.8 Å². The lowest BCUT2D eigenvalue weighted by atomic mass is 10.1. The van der Waals surface area contributed by atoms with Crippen LogP contribution in [0.25, 0.3) is 11.4 Å². The van der Waals surface area contributed by atoms with Crippen molar-refractivity contribution in [2.45, 2.75) is 24.7 Å². The summed E-state index contributed by atoms with van der Waals surface area (Å²) in [5.74, 6) is -0.969. The summed E-state index contributed by atoms with van der Waals surface area (Å²) in [5, 5.41) is 3.76. The molecule has 0 aliphatic carbocycles. The molecular weight excluding hydrogens is 447 g/mol. The van der Waals surface area contributed by atoms with E-state index >= 15 is 0 Å². The average molecular weight is 465 g/mol. The topological polar surface area (TPSA) is 105 Å². The van der Waals surface area contributed by atoms with Gasteiger partial charge in [-0.3, -0.25) is 9.52 Å². The molecule has 1 fully saturated rings. The molecule has 31 heavy (non-hydrogen) atoms. The lowest BCUT2D eigenvalue weighted by Crippen LogP contribution is -2.27. The summed E-state index contributed by atoms with van der Waals surface area (Å²) in [5.41, 5.74) is 0.873. The summed E-state index contributed by atoms with van der Waals surface area (Å²) < 4.78 is 46.6. The summed E-state index contributed by atoms with van der Waals surface area (Å²) in [7, 11) is -4.05. The summed E-state index contributed by atoms with van der Waals surface area (Å²) in [6.07, 6.45) is 1.86. The molecular formula is C20H18ClFN4O4S. The monoisotopic (exact) mass is 464 g/mol. The third-order valence-electron chi connectivity index (χ3n) is 4.91. The molecule has 0 spiro atoms. The molecule has 0 saturated carbocycles. The number of halogens is 2. The highest BCUT2D eigenvalue weighted by Gasteiger charge is 2.26. The zero-order valence-corrected chi connectivity index (χ0v) is 18.0. The molecule has 0 unspecified atom stereocenters. The van der Waals surface area contributed by atoms with Crippen LogP contribution in [0.3, 0.4) is 0 Å². The van der Waals surface area contributed by atoms with Crippen LogP contribution in [0.5, 0.6) is 0 Å². The standard InChI is InChI=1S/C20H18ClFN4O4S/c1-12-4-5-13(18-23-19(30-24-18)20(27)26-8-2-3-9-26)10-17(12)31(28,29)25-16-7-6-14(22)11-15(16)21/h4-7,10-11,25H,2-3,8-9H2,1H3. The second-order valence-corrected chi connectivity index (χ2v) is 9.19. The number of anilines is 1. The van der Waals surface area contributed by atoms with Crippen molar-refractivity contribution < 1.29 is 22.1 Å². The molecule has 1 aromatic heterocycles. The highest BCUT2D eigenvalue weighted by atomic mass is 35.5. The van der Waals surface area contributed by atoms with Crippen molar-refractivity contribution in [2.24, 2.45) is 0 Å². The van der Waals surface area contributed by atoms with Crippen LogP contribution in [0.15, 0.2) is 45.8 Å². The van der Waals surface area contributed by atoms with Gasteiger partial charge in [0.15, 0.2) is 0 Å². The second kappa shape index (κ2) is 8.27. The number of aromatic nitrogens is 2. The van der Waals surface area contributed by atoms with E-state index in [0.717, 1.165) is 25.0 Å². The third kappa shape index (κ3) is 4.40. The first-order chi connectivity index (χ1) is 14.7. The van der Waals surface area contributed by atoms with Gasteiger partial charge in [0.2, 0.25) is 5.82 Å². The number of amides is 1. The molecule has 1 N–H and O–H groups in total. The van der Waals surface area contributed by atoms with Crippen molar-refractivity contribution in [3.8, 4) is 11.4 Å². The van der Waals surface area contributed by atoms with Gasteiger partial charge in [-0.05, 0) is 49.6 Å². The normalized spacial score (nSPS) is 14.1. The van der Waals surface area contributed by atoms with Gasteiger partial charge in [0.25, 0.3) is 10.0 Å². The van der Waals surface area contributed by atoms with Crippen molar-refractivity contribution >= 4 is 33.2 Å². The minimum atomic E-state index is -4.05. The van der Waals surface area contributed by atoms with Crippen LogP contribution >= 0.6 is 11.6 Å². The quantitative estimate of drug-likeness (QED) is 0.614. The number of carbonyl (C=O) groups excluding carboxylic acids is 1. The zero-order valence-electron chi connectivity index (χ0n) is 16.4. The van der Waals surface area contributed by atoms with E-state index in [9.17, 15) is 17.6 Å². The molecule has 1 aliphatic rings. The number of benzene rings is 2. The Kier molecular flexibility index (Phi) is 5.67. The Bertz CT molecular complexity index is 1260. The molecule has 1 saturated heterocycles. The van der Waals surface area contributed by atoms with E-state index in [1.54, 1.807) is 24.0 Å². The lowest BCUT2D eigenvalue weighted by Gasteiger charge is -2.12. The largest absolute Gasteiger partial charge is 0.334 e. The fourth-order valence-corrected chi connectivity index (χ4v) is 4.91. The summed E-state index contributed by atoms with van der Waals surface area (Å²) in [6.45, 7) is 2.91. The van der Waals surface area contributed by atoms with E-state index in [-0.39, 0.29) is 33.2 Å². The smallest absolute Gasteiger partial charge is 0.316 e. The third-order valence-corrected chi connectivity index (χ3v) is 6.73. The Morgan fingerprint density at radius 3 is 2.65 bits per heavy atom. The molecule has 0 bridgehead atoms. The number of aryl methyl sites for hydroxylation is 1. The van der Waals surface area contributed by atoms with Gasteiger partial charge in [-0.15, -0.1) is 0 Å². The van der Waals surface area contributed by atoms with Crippen LogP contribution in [0, 0.1) is 12.7 Å². The molecule has 162 valence electrons. The number of sulfonamides is 1. The average Bonchev–Trinajstić information content (AvgIpc) is 3.42. The Morgan fingerprint density at radius 1 is 1.19 bits per heavy atom. The van der Waals surface area contributed by atoms with Crippen molar-refractivity contribution in [1.29, 1.82) is 0 Å². The number of hydrogen-bond donors (Lipinski definition) is 1. The molecule has 2 heterocycles. The maximum atomic E-state index is 13.3. The Morgan fingerprint density at radius 2 is 1.94 bits per heavy atom. The molecule has 2 aromatic carbocycles. The first-order valence-corrected chi connectivity index (χ1v) is 11.3. The molecule has 0 atom stereocenters. The molecule has 1 amide bonds. The maximum absolute atomic E-state index is 13.3. The summed E-state index contributed by atoms with van der Waals surface area (Å²) in [4.78, 5) is 18.2. The van der Waals surface area contributed by atoms with Crippen molar-refractivity contribution in [3.05, 3.63) is 58.7 Å². The Labute approximate surface area is 183 Å². The Balaban J connectivity index is 1.63. The molecule has 3 aromatic rings. The van der Waals surface area contributed by atoms with Crippen LogP contribution < -0.4 is 4.72 Å². The van der Waals surface area contributed by atoms with Gasteiger partial charge in [-0.1, -0.05) is 28.9 Å². The van der Waals surface area contributed by atoms with Crippen molar-refractivity contribution in [2.75, 3.05) is 17.8 Å². The molecule has 11 heteroatoms. The van der Waals surface area contributed by atoms with Gasteiger partial charge in [-0.25, -0.2) is 12.8 Å². The van der Waals surface area contributed by atoms with Crippen LogP contribution in [0.2, 0.25) is 5.02 Å². The van der Waals surface area contributed by atoms with Gasteiger partial charge in [0.05, 0.1) is 15.6 Å². The predicted molar refractivity (Wildman–Crippen MR) is 112 cm³/mol. The predicted octanol–water partition coefficient (Wildman–Crippen LogP) is 3.87. The second-order valence-electron chi connectivity index (χ2n) is 7.13. The fraction of sp³-hybridized carbons (Fsp3) is 0.250. The molecule has 0 radical (unpaired) electrons. The Hall–Kier alpha value is -2.98. The zero-order chi connectivity index (χ0) is 22.2. The first kappa shape index (κ1) is 21.3. The van der Waals surface area contributed by atoms with Crippen molar-refractivity contribution in [3.63, 3.8) is 0 Å². The van der Waals surface area contributed by atoms with Gasteiger partial charge in [0.1, 0.15) is 5.82 Å². The van der Waals surface area contributed by atoms with Crippen LogP contribution in [-0.2, 0) is 10.0 Å². The highest BCUT2D eigenvalue weighted by molar-refractivity contribution is 7.92. The summed E-state index contributed by atoms with van der Waals surface area (Å²) >= 11 is 5.94. The lowest BCUT2D eigenvalue weighted by molar-refractivity contribution is 0.0743. The van der Waals surface area contributed by atoms with Crippen LogP contribution in [0.1, 0.15) is 29.1 Å². The number of nitrogens with zero attached hydrogens (tertiary/aromatic N) is 3. The number of carbonyl (C=O) groups is 1. The molecule has 4 rings (SSSR count). The summed E-state index contributed by atoms with van der Waals surface area (Å²) in [6, 6.07) is 7.96. The van der Waals surface area contributed by atoms with E-state index in [1.165, 1.54) is 12.1 Å². The SMILES string of the molecule is Cc1ccc(-c2noc(C(=O)N3CCCC3)n2)cc1S(=O)(=O)Nc1ccc(F)cc1Cl. The minimum absolute atomic E-state index is 0.0392. The first-order valence-electron chi connectivity index (χ1n) is 9.46. The van der Waals surface area contributed by atoms with E-state index in [1.807, 2.05) is 0 Å². The maximum Gasteiger partial charge on any atom is 0.316 e. The molecule has 1 aliphatic heterocycles. The minimum Gasteiger partial charge on any atom is -0.334 e. The van der Waals surface area contributed by atoms with Gasteiger partial charge >= 0.3 is 11.8 Å². The molecule has 8 nitrogen and oxygen atoms in total. The number of nitrogens with one attached hydrogen (secondary N) is 1. The van der Waals surface area contributed by atoms with Crippen molar-refractivity contribution in [1.82, 2.24) is 15.0 Å². The van der Waals surface area contributed by atoms with Crippen LogP contribution in [-0.4, -0.2) is 42.5 Å². The van der Waals surface area contributed by atoms with E-state index in [2.05, 4.69) is 14.9 Å². The number of likely N-dealkylation sites (tertiary alicyclic amines) is 1. The number of rotatable bonds is 5. The number of hydrogen-bond acceptors (Lipinski definition) is 6. The fourth-order valence-electron chi connectivity index (χ4n) is 3.28. The van der Waals surface area contributed by atoms with Gasteiger partial charge in [-0.2, -0.15) is 4.98 Å². The van der Waals surface area contributed by atoms with Crippen LogP contribution in [0.4, 0.5) is 10.1 Å². The van der Waals surface area contributed by atoms with Gasteiger partial charge in [0, 0.05) is 18.7 Å².